The number of aromatic amines is 1. The van der Waals surface area contributed by atoms with Crippen molar-refractivity contribution in [2.24, 2.45) is 0 Å². The van der Waals surface area contributed by atoms with Gasteiger partial charge in [-0.1, -0.05) is 44.2 Å². The van der Waals surface area contributed by atoms with Crippen LogP contribution < -0.4 is 5.32 Å². The number of aliphatic hydroxyl groups is 1. The number of H-pyrrole nitrogens is 1. The van der Waals surface area contributed by atoms with Gasteiger partial charge in [-0.25, -0.2) is 0 Å². The van der Waals surface area contributed by atoms with Crippen LogP contribution in [-0.2, 0) is 0 Å². The Morgan fingerprint density at radius 3 is 2.52 bits per heavy atom. The van der Waals surface area contributed by atoms with Gasteiger partial charge in [-0.15, -0.1) is 0 Å². The van der Waals surface area contributed by atoms with Crippen molar-refractivity contribution in [2.75, 3.05) is 6.61 Å². The Balaban J connectivity index is 2.28. The average Bonchev–Trinajstić information content (AvgIpc) is 3.03. The molecule has 112 valence electrons. The number of aromatic nitrogens is 2. The van der Waals surface area contributed by atoms with E-state index in [0.29, 0.717) is 24.1 Å². The van der Waals surface area contributed by atoms with Gasteiger partial charge in [0.05, 0.1) is 29.6 Å². The number of benzene rings is 1. The van der Waals surface area contributed by atoms with E-state index in [2.05, 4.69) is 15.5 Å². The van der Waals surface area contributed by atoms with Gasteiger partial charge in [-0.2, -0.15) is 5.10 Å². The first kappa shape index (κ1) is 15.3. The minimum absolute atomic E-state index is 0.0791. The molecule has 0 saturated heterocycles. The van der Waals surface area contributed by atoms with Crippen LogP contribution in [0.1, 0.15) is 37.0 Å². The van der Waals surface area contributed by atoms with Crippen LogP contribution in [0, 0.1) is 0 Å². The van der Waals surface area contributed by atoms with Crippen molar-refractivity contribution >= 4 is 5.91 Å². The van der Waals surface area contributed by atoms with Gasteiger partial charge in [0.15, 0.2) is 0 Å². The van der Waals surface area contributed by atoms with E-state index in [4.69, 9.17) is 0 Å². The molecule has 1 aromatic heterocycles. The molecule has 21 heavy (non-hydrogen) atoms. The zero-order valence-electron chi connectivity index (χ0n) is 12.4. The second-order valence-corrected chi connectivity index (χ2v) is 5.12. The molecule has 0 saturated carbocycles. The average molecular weight is 287 g/mol. The molecule has 0 aliphatic rings. The molecule has 0 aliphatic heterocycles. The van der Waals surface area contributed by atoms with Gasteiger partial charge in [0.2, 0.25) is 0 Å². The van der Waals surface area contributed by atoms with Crippen LogP contribution in [0.3, 0.4) is 0 Å². The van der Waals surface area contributed by atoms with Crippen LogP contribution in [0.2, 0.25) is 0 Å². The fourth-order valence-electron chi connectivity index (χ4n) is 2.28. The number of aliphatic hydroxyl groups excluding tert-OH is 1. The lowest BCUT2D eigenvalue weighted by Crippen LogP contribution is -2.50. The van der Waals surface area contributed by atoms with E-state index in [1.54, 1.807) is 0 Å². The van der Waals surface area contributed by atoms with Crippen molar-refractivity contribution in [3.8, 4) is 11.3 Å². The zero-order valence-corrected chi connectivity index (χ0v) is 12.4. The fraction of sp³-hybridized carbons (Fsp3) is 0.375. The van der Waals surface area contributed by atoms with Crippen molar-refractivity contribution in [3.63, 3.8) is 0 Å². The molecular weight excluding hydrogens is 266 g/mol. The molecule has 1 aromatic carbocycles. The number of carbonyl (C=O) groups excluding carboxylic acids is 1. The largest absolute Gasteiger partial charge is 0.394 e. The Hall–Kier alpha value is -2.14. The lowest BCUT2D eigenvalue weighted by atomic mass is 9.93. The van der Waals surface area contributed by atoms with Crippen molar-refractivity contribution in [2.45, 2.75) is 32.2 Å². The third-order valence-corrected chi connectivity index (χ3v) is 3.98. The van der Waals surface area contributed by atoms with E-state index < -0.39 is 5.54 Å². The summed E-state index contributed by atoms with van der Waals surface area (Å²) in [6.07, 6.45) is 2.86. The number of hydrogen-bond donors (Lipinski definition) is 3. The molecule has 0 bridgehead atoms. The molecule has 3 N–H and O–H groups in total. The predicted octanol–water partition coefficient (Wildman–Crippen LogP) is 2.36. The maximum atomic E-state index is 12.5. The number of nitrogens with zero attached hydrogens (tertiary/aromatic N) is 1. The highest BCUT2D eigenvalue weighted by molar-refractivity contribution is 6.00. The van der Waals surface area contributed by atoms with E-state index in [9.17, 15) is 9.90 Å². The van der Waals surface area contributed by atoms with Crippen molar-refractivity contribution in [3.05, 3.63) is 42.1 Å². The molecular formula is C16H21N3O2. The second kappa shape index (κ2) is 6.54. The molecule has 0 spiro atoms. The predicted molar refractivity (Wildman–Crippen MR) is 81.9 cm³/mol. The first-order valence-corrected chi connectivity index (χ1v) is 7.18. The normalized spacial score (nSPS) is 11.4. The quantitative estimate of drug-likeness (QED) is 0.763. The fourth-order valence-corrected chi connectivity index (χ4v) is 2.28. The van der Waals surface area contributed by atoms with Crippen LogP contribution in [0.25, 0.3) is 11.3 Å². The second-order valence-electron chi connectivity index (χ2n) is 5.12. The maximum Gasteiger partial charge on any atom is 0.255 e. The molecule has 1 amide bonds. The first-order chi connectivity index (χ1) is 10.2. The number of hydrogen-bond acceptors (Lipinski definition) is 3. The summed E-state index contributed by atoms with van der Waals surface area (Å²) < 4.78 is 0. The van der Waals surface area contributed by atoms with Crippen LogP contribution in [0.4, 0.5) is 0 Å². The molecule has 0 atom stereocenters. The van der Waals surface area contributed by atoms with Crippen LogP contribution in [0.5, 0.6) is 0 Å². The summed E-state index contributed by atoms with van der Waals surface area (Å²) >= 11 is 0. The van der Waals surface area contributed by atoms with Crippen molar-refractivity contribution in [1.82, 2.24) is 15.5 Å². The smallest absolute Gasteiger partial charge is 0.255 e. The summed E-state index contributed by atoms with van der Waals surface area (Å²) in [5.41, 5.74) is 1.50. The number of carbonyl (C=O) groups is 1. The van der Waals surface area contributed by atoms with E-state index in [1.807, 2.05) is 44.2 Å². The van der Waals surface area contributed by atoms with Crippen LogP contribution in [0.15, 0.2) is 36.5 Å². The summed E-state index contributed by atoms with van der Waals surface area (Å²) in [6.45, 7) is 3.82. The minimum atomic E-state index is -0.581. The Morgan fingerprint density at radius 2 is 1.95 bits per heavy atom. The van der Waals surface area contributed by atoms with Crippen LogP contribution >= 0.6 is 0 Å². The summed E-state index contributed by atoms with van der Waals surface area (Å²) in [5, 5.41) is 19.4. The Bertz CT molecular complexity index is 580. The molecule has 1 heterocycles. The van der Waals surface area contributed by atoms with E-state index in [0.717, 1.165) is 5.56 Å². The van der Waals surface area contributed by atoms with Gasteiger partial charge < -0.3 is 10.4 Å². The lowest BCUT2D eigenvalue weighted by Gasteiger charge is -2.30. The third kappa shape index (κ3) is 3.13. The van der Waals surface area contributed by atoms with Gasteiger partial charge in [0.1, 0.15) is 0 Å². The van der Waals surface area contributed by atoms with Gasteiger partial charge in [-0.05, 0) is 12.8 Å². The molecule has 2 aromatic rings. The highest BCUT2D eigenvalue weighted by atomic mass is 16.3. The molecule has 0 radical (unpaired) electrons. The summed E-state index contributed by atoms with van der Waals surface area (Å²) in [4.78, 5) is 12.5. The standard InChI is InChI=1S/C16H21N3O2/c1-3-16(4-2,11-20)18-15(21)13-10-17-19-14(13)12-8-6-5-7-9-12/h5-10,20H,3-4,11H2,1-2H3,(H,17,19)(H,18,21). The zero-order chi connectivity index (χ0) is 15.3. The third-order valence-electron chi connectivity index (χ3n) is 3.98. The highest BCUT2D eigenvalue weighted by Crippen LogP contribution is 2.22. The van der Waals surface area contributed by atoms with E-state index >= 15 is 0 Å². The number of rotatable bonds is 6. The Labute approximate surface area is 124 Å². The SMILES string of the molecule is CCC(CC)(CO)NC(=O)c1cn[nH]c1-c1ccccc1. The highest BCUT2D eigenvalue weighted by Gasteiger charge is 2.29. The van der Waals surface area contributed by atoms with Gasteiger partial charge in [-0.3, -0.25) is 9.89 Å². The Kier molecular flexibility index (Phi) is 4.75. The first-order valence-electron chi connectivity index (χ1n) is 7.18. The summed E-state index contributed by atoms with van der Waals surface area (Å²) in [6, 6.07) is 9.58. The van der Waals surface area contributed by atoms with Gasteiger partial charge in [0.25, 0.3) is 5.91 Å². The molecule has 0 fully saturated rings. The topological polar surface area (TPSA) is 78.0 Å². The molecule has 5 nitrogen and oxygen atoms in total. The van der Waals surface area contributed by atoms with Crippen molar-refractivity contribution < 1.29 is 9.90 Å². The Morgan fingerprint density at radius 1 is 1.29 bits per heavy atom. The molecule has 2 rings (SSSR count). The number of amides is 1. The molecule has 0 unspecified atom stereocenters. The molecule has 0 aliphatic carbocycles. The van der Waals surface area contributed by atoms with Crippen molar-refractivity contribution in [1.29, 1.82) is 0 Å². The van der Waals surface area contributed by atoms with Gasteiger partial charge in [0, 0.05) is 5.56 Å². The van der Waals surface area contributed by atoms with Crippen LogP contribution in [-0.4, -0.2) is 33.4 Å². The minimum Gasteiger partial charge on any atom is -0.394 e. The maximum absolute atomic E-state index is 12.5. The number of nitrogens with one attached hydrogen (secondary N) is 2. The lowest BCUT2D eigenvalue weighted by molar-refractivity contribution is 0.0818. The molecule has 5 heteroatoms. The summed E-state index contributed by atoms with van der Waals surface area (Å²) in [7, 11) is 0. The van der Waals surface area contributed by atoms with Gasteiger partial charge >= 0.3 is 0 Å². The monoisotopic (exact) mass is 287 g/mol. The van der Waals surface area contributed by atoms with E-state index in [-0.39, 0.29) is 12.5 Å². The summed E-state index contributed by atoms with van der Waals surface area (Å²) in [5.74, 6) is -0.222. The van der Waals surface area contributed by atoms with E-state index in [1.165, 1.54) is 6.20 Å².